The van der Waals surface area contributed by atoms with Gasteiger partial charge >= 0.3 is 0 Å². The molecule has 1 atom stereocenters. The third-order valence-corrected chi connectivity index (χ3v) is 6.98. The molecule has 0 fully saturated rings. The molecule has 6 heteroatoms. The van der Waals surface area contributed by atoms with E-state index in [1.54, 1.807) is 27.7 Å². The van der Waals surface area contributed by atoms with Gasteiger partial charge in [-0.15, -0.1) is 0 Å². The van der Waals surface area contributed by atoms with Crippen molar-refractivity contribution < 1.29 is 9.18 Å². The second kappa shape index (κ2) is 11.5. The SMILES string of the molecule is CCCCCN(C(=O)c1ccccc1F)C(CC)c1nc2ccccc2c(=O)n1-c1ccc(C)c(C)c1. The smallest absolute Gasteiger partial charge is 0.266 e. The topological polar surface area (TPSA) is 55.2 Å². The number of nitrogens with zero attached hydrogens (tertiary/aromatic N) is 3. The average Bonchev–Trinajstić information content (AvgIpc) is 2.90. The average molecular weight is 500 g/mol. The maximum atomic E-state index is 14.7. The lowest BCUT2D eigenvalue weighted by atomic mass is 10.1. The zero-order chi connectivity index (χ0) is 26.5. The molecule has 0 N–H and O–H groups in total. The van der Waals surface area contributed by atoms with Crippen LogP contribution in [0.2, 0.25) is 0 Å². The van der Waals surface area contributed by atoms with Gasteiger partial charge in [0.05, 0.1) is 28.2 Å². The van der Waals surface area contributed by atoms with Crippen LogP contribution in [0.15, 0.2) is 71.5 Å². The number of carbonyl (C=O) groups is 1. The van der Waals surface area contributed by atoms with Crippen LogP contribution in [0, 0.1) is 19.7 Å². The second-order valence-electron chi connectivity index (χ2n) is 9.51. The van der Waals surface area contributed by atoms with Gasteiger partial charge in [0.25, 0.3) is 11.5 Å². The molecule has 1 amide bonds. The van der Waals surface area contributed by atoms with E-state index in [1.165, 1.54) is 12.1 Å². The summed E-state index contributed by atoms with van der Waals surface area (Å²) in [4.78, 5) is 34.4. The van der Waals surface area contributed by atoms with Gasteiger partial charge in [0.2, 0.25) is 0 Å². The Morgan fingerprint density at radius 2 is 1.70 bits per heavy atom. The molecule has 0 aliphatic heterocycles. The van der Waals surface area contributed by atoms with Gasteiger partial charge in [-0.25, -0.2) is 9.37 Å². The molecule has 0 aliphatic rings. The molecule has 1 heterocycles. The van der Waals surface area contributed by atoms with E-state index < -0.39 is 17.8 Å². The Kier molecular flexibility index (Phi) is 8.17. The van der Waals surface area contributed by atoms with E-state index in [1.807, 2.05) is 57.2 Å². The van der Waals surface area contributed by atoms with Crippen LogP contribution >= 0.6 is 0 Å². The summed E-state index contributed by atoms with van der Waals surface area (Å²) in [5, 5.41) is 0.511. The number of hydrogen-bond acceptors (Lipinski definition) is 3. The zero-order valence-electron chi connectivity index (χ0n) is 22.0. The summed E-state index contributed by atoms with van der Waals surface area (Å²) in [5.41, 5.74) is 3.29. The minimum Gasteiger partial charge on any atom is -0.328 e. The van der Waals surface area contributed by atoms with E-state index >= 15 is 0 Å². The van der Waals surface area contributed by atoms with Gasteiger partial charge in [0, 0.05) is 6.54 Å². The number of fused-ring (bicyclic) bond motifs is 1. The van der Waals surface area contributed by atoms with Crippen LogP contribution in [0.1, 0.15) is 72.9 Å². The van der Waals surface area contributed by atoms with Crippen molar-refractivity contribution in [3.63, 3.8) is 0 Å². The van der Waals surface area contributed by atoms with Crippen LogP contribution in [0.4, 0.5) is 4.39 Å². The van der Waals surface area contributed by atoms with Crippen LogP contribution in [0.25, 0.3) is 16.6 Å². The number of unbranched alkanes of at least 4 members (excludes halogenated alkanes) is 2. The number of carbonyl (C=O) groups excluding carboxylic acids is 1. The van der Waals surface area contributed by atoms with Crippen LogP contribution in [-0.2, 0) is 0 Å². The fourth-order valence-electron chi connectivity index (χ4n) is 4.75. The highest BCUT2D eigenvalue weighted by Gasteiger charge is 2.30. The van der Waals surface area contributed by atoms with Gasteiger partial charge in [0.1, 0.15) is 11.6 Å². The van der Waals surface area contributed by atoms with Gasteiger partial charge in [0.15, 0.2) is 0 Å². The molecule has 4 aromatic rings. The van der Waals surface area contributed by atoms with Gasteiger partial charge in [-0.3, -0.25) is 14.2 Å². The van der Waals surface area contributed by atoms with E-state index in [4.69, 9.17) is 4.98 Å². The number of amides is 1. The number of hydrogen-bond donors (Lipinski definition) is 0. The summed E-state index contributed by atoms with van der Waals surface area (Å²) in [7, 11) is 0. The van der Waals surface area contributed by atoms with Gasteiger partial charge in [-0.2, -0.15) is 0 Å². The predicted octanol–water partition coefficient (Wildman–Crippen LogP) is 6.93. The Morgan fingerprint density at radius 1 is 0.973 bits per heavy atom. The molecule has 1 unspecified atom stereocenters. The lowest BCUT2D eigenvalue weighted by Gasteiger charge is -2.32. The van der Waals surface area contributed by atoms with E-state index in [9.17, 15) is 14.0 Å². The summed E-state index contributed by atoms with van der Waals surface area (Å²) in [5.74, 6) is -0.466. The first kappa shape index (κ1) is 26.3. The maximum Gasteiger partial charge on any atom is 0.266 e. The van der Waals surface area contributed by atoms with Crippen molar-refractivity contribution in [2.24, 2.45) is 0 Å². The lowest BCUT2D eigenvalue weighted by molar-refractivity contribution is 0.0650. The van der Waals surface area contributed by atoms with Crippen molar-refractivity contribution in [1.82, 2.24) is 14.5 Å². The maximum absolute atomic E-state index is 14.7. The normalized spacial score (nSPS) is 12.0. The molecule has 37 heavy (non-hydrogen) atoms. The van der Waals surface area contributed by atoms with Crippen LogP contribution in [0.5, 0.6) is 0 Å². The number of para-hydroxylation sites is 1. The van der Waals surface area contributed by atoms with E-state index in [0.717, 1.165) is 30.4 Å². The summed E-state index contributed by atoms with van der Waals surface area (Å²) < 4.78 is 16.4. The minimum absolute atomic E-state index is 0.0262. The monoisotopic (exact) mass is 499 g/mol. The molecule has 0 radical (unpaired) electrons. The molecule has 5 nitrogen and oxygen atoms in total. The highest BCUT2D eigenvalue weighted by Crippen LogP contribution is 2.29. The fourth-order valence-corrected chi connectivity index (χ4v) is 4.75. The van der Waals surface area contributed by atoms with Crippen LogP contribution in [0.3, 0.4) is 0 Å². The summed E-state index contributed by atoms with van der Waals surface area (Å²) in [6, 6.07) is 18.7. The number of aromatic nitrogens is 2. The standard InChI is InChI=1S/C31H34FN3O2/c1-5-7-12-19-34(30(36)24-13-8-10-15-26(24)32)28(6-2)29-33-27-16-11-9-14-25(27)31(37)35(29)23-18-17-21(3)22(4)20-23/h8-11,13-18,20,28H,5-7,12,19H2,1-4H3. The molecule has 0 bridgehead atoms. The van der Waals surface area contributed by atoms with E-state index in [2.05, 4.69) is 6.92 Å². The molecular formula is C31H34FN3O2. The van der Waals surface area contributed by atoms with Crippen LogP contribution < -0.4 is 5.56 Å². The summed E-state index contributed by atoms with van der Waals surface area (Å²) in [6.07, 6.45) is 3.21. The Balaban J connectivity index is 1.95. The highest BCUT2D eigenvalue weighted by atomic mass is 19.1. The van der Waals surface area contributed by atoms with Crippen molar-refractivity contribution in [3.8, 4) is 5.69 Å². The Bertz CT molecular complexity index is 1480. The first-order valence-corrected chi connectivity index (χ1v) is 13.0. The van der Waals surface area contributed by atoms with Gasteiger partial charge in [-0.05, 0) is 74.2 Å². The zero-order valence-corrected chi connectivity index (χ0v) is 22.0. The Labute approximate surface area is 217 Å². The molecule has 0 spiro atoms. The van der Waals surface area contributed by atoms with Crippen molar-refractivity contribution in [2.75, 3.05) is 6.54 Å². The molecular weight excluding hydrogens is 465 g/mol. The number of benzene rings is 3. The number of halogens is 1. The Morgan fingerprint density at radius 3 is 2.41 bits per heavy atom. The van der Waals surface area contributed by atoms with Gasteiger partial charge in [-0.1, -0.05) is 57.0 Å². The van der Waals surface area contributed by atoms with Gasteiger partial charge < -0.3 is 4.90 Å². The van der Waals surface area contributed by atoms with E-state index in [0.29, 0.717) is 35.4 Å². The summed E-state index contributed by atoms with van der Waals surface area (Å²) >= 11 is 0. The first-order chi connectivity index (χ1) is 17.9. The third kappa shape index (κ3) is 5.33. The molecule has 0 aliphatic carbocycles. The fraction of sp³-hybridized carbons (Fsp3) is 0.323. The lowest BCUT2D eigenvalue weighted by Crippen LogP contribution is -2.39. The number of aryl methyl sites for hydroxylation is 2. The van der Waals surface area contributed by atoms with Crippen molar-refractivity contribution >= 4 is 16.8 Å². The molecule has 0 saturated carbocycles. The molecule has 0 saturated heterocycles. The quantitative estimate of drug-likeness (QED) is 0.235. The summed E-state index contributed by atoms with van der Waals surface area (Å²) in [6.45, 7) is 8.54. The van der Waals surface area contributed by atoms with Crippen molar-refractivity contribution in [2.45, 2.75) is 59.4 Å². The van der Waals surface area contributed by atoms with Crippen molar-refractivity contribution in [3.05, 3.63) is 105 Å². The third-order valence-electron chi connectivity index (χ3n) is 6.98. The number of rotatable bonds is 9. The highest BCUT2D eigenvalue weighted by molar-refractivity contribution is 5.94. The molecule has 4 rings (SSSR count). The molecule has 3 aromatic carbocycles. The van der Waals surface area contributed by atoms with E-state index in [-0.39, 0.29) is 11.1 Å². The Hall–Kier alpha value is -3.80. The molecule has 192 valence electrons. The predicted molar refractivity (Wildman–Crippen MR) is 147 cm³/mol. The second-order valence-corrected chi connectivity index (χ2v) is 9.51. The van der Waals surface area contributed by atoms with Crippen LogP contribution in [-0.4, -0.2) is 26.9 Å². The largest absolute Gasteiger partial charge is 0.328 e. The minimum atomic E-state index is -0.555. The first-order valence-electron chi connectivity index (χ1n) is 13.0. The van der Waals surface area contributed by atoms with Crippen molar-refractivity contribution in [1.29, 1.82) is 0 Å². The molecule has 1 aromatic heterocycles.